The topological polar surface area (TPSA) is 67.4 Å². The van der Waals surface area contributed by atoms with E-state index in [-0.39, 0.29) is 18.4 Å². The average Bonchev–Trinajstić information content (AvgIpc) is 2.55. The zero-order chi connectivity index (χ0) is 16.8. The van der Waals surface area contributed by atoms with Crippen LogP contribution in [0.5, 0.6) is 0 Å². The first-order valence-corrected chi connectivity index (χ1v) is 7.29. The zero-order valence-electron chi connectivity index (χ0n) is 13.5. The van der Waals surface area contributed by atoms with Crippen molar-refractivity contribution in [3.8, 4) is 0 Å². The number of ether oxygens (including phenoxy) is 1. The lowest BCUT2D eigenvalue weighted by Crippen LogP contribution is -2.22. The van der Waals surface area contributed by atoms with E-state index in [1.54, 1.807) is 24.3 Å². The first-order valence-electron chi connectivity index (χ1n) is 7.29. The van der Waals surface area contributed by atoms with Crippen LogP contribution >= 0.6 is 0 Å². The summed E-state index contributed by atoms with van der Waals surface area (Å²) in [4.78, 5) is 23.3. The Morgan fingerprint density at radius 1 is 1.04 bits per heavy atom. The van der Waals surface area contributed by atoms with Crippen LogP contribution in [0.25, 0.3) is 0 Å². The van der Waals surface area contributed by atoms with Gasteiger partial charge in [0, 0.05) is 11.4 Å². The van der Waals surface area contributed by atoms with E-state index in [0.29, 0.717) is 5.56 Å². The van der Waals surface area contributed by atoms with Gasteiger partial charge in [0.2, 0.25) is 5.91 Å². The molecule has 0 aliphatic carbocycles. The maximum Gasteiger partial charge on any atom is 0.337 e. The van der Waals surface area contributed by atoms with E-state index in [0.717, 1.165) is 22.5 Å². The van der Waals surface area contributed by atoms with Gasteiger partial charge in [-0.25, -0.2) is 4.79 Å². The SMILES string of the molecule is COC(=O)c1ccc(NCC(=O)Nc2ccc(C)cc2C)cc1. The Labute approximate surface area is 135 Å². The summed E-state index contributed by atoms with van der Waals surface area (Å²) in [6.45, 7) is 4.12. The number of amides is 1. The molecule has 120 valence electrons. The minimum Gasteiger partial charge on any atom is -0.465 e. The fourth-order valence-electron chi connectivity index (χ4n) is 2.17. The number of benzene rings is 2. The van der Waals surface area contributed by atoms with Crippen molar-refractivity contribution in [2.24, 2.45) is 0 Å². The Kier molecular flexibility index (Phi) is 5.36. The number of carbonyl (C=O) groups excluding carboxylic acids is 2. The fourth-order valence-corrected chi connectivity index (χ4v) is 2.17. The van der Waals surface area contributed by atoms with Crippen molar-refractivity contribution in [3.05, 3.63) is 59.2 Å². The van der Waals surface area contributed by atoms with Crippen LogP contribution in [0.1, 0.15) is 21.5 Å². The Morgan fingerprint density at radius 3 is 2.35 bits per heavy atom. The number of rotatable bonds is 5. The van der Waals surface area contributed by atoms with E-state index < -0.39 is 0 Å². The van der Waals surface area contributed by atoms with Crippen LogP contribution in [0.15, 0.2) is 42.5 Å². The van der Waals surface area contributed by atoms with E-state index in [2.05, 4.69) is 15.4 Å². The molecule has 0 atom stereocenters. The Bertz CT molecular complexity index is 709. The van der Waals surface area contributed by atoms with Gasteiger partial charge in [0.1, 0.15) is 0 Å². The smallest absolute Gasteiger partial charge is 0.337 e. The highest BCUT2D eigenvalue weighted by Gasteiger charge is 2.06. The Morgan fingerprint density at radius 2 is 1.74 bits per heavy atom. The van der Waals surface area contributed by atoms with Crippen molar-refractivity contribution in [3.63, 3.8) is 0 Å². The molecule has 0 bridgehead atoms. The minimum atomic E-state index is -0.385. The second kappa shape index (κ2) is 7.45. The molecule has 0 heterocycles. The van der Waals surface area contributed by atoms with Gasteiger partial charge in [0.05, 0.1) is 19.2 Å². The van der Waals surface area contributed by atoms with Gasteiger partial charge in [-0.3, -0.25) is 4.79 Å². The maximum atomic E-state index is 12.0. The molecule has 23 heavy (non-hydrogen) atoms. The standard InChI is InChI=1S/C18H20N2O3/c1-12-4-9-16(13(2)10-12)20-17(21)11-19-15-7-5-14(6-8-15)18(22)23-3/h4-10,19H,11H2,1-3H3,(H,20,21). The van der Waals surface area contributed by atoms with E-state index in [4.69, 9.17) is 0 Å². The highest BCUT2D eigenvalue weighted by molar-refractivity contribution is 5.94. The second-order valence-electron chi connectivity index (χ2n) is 5.29. The summed E-state index contributed by atoms with van der Waals surface area (Å²) in [5, 5.41) is 5.89. The van der Waals surface area contributed by atoms with Crippen LogP contribution in [-0.4, -0.2) is 25.5 Å². The molecule has 1 amide bonds. The van der Waals surface area contributed by atoms with Crippen molar-refractivity contribution in [2.45, 2.75) is 13.8 Å². The van der Waals surface area contributed by atoms with Gasteiger partial charge >= 0.3 is 5.97 Å². The minimum absolute atomic E-state index is 0.131. The molecule has 0 fully saturated rings. The van der Waals surface area contributed by atoms with Crippen molar-refractivity contribution >= 4 is 23.3 Å². The Balaban J connectivity index is 1.90. The predicted octanol–water partition coefficient (Wildman–Crippen LogP) is 3.14. The summed E-state index contributed by atoms with van der Waals surface area (Å²) < 4.78 is 4.64. The normalized spacial score (nSPS) is 10.0. The maximum absolute atomic E-state index is 12.0. The highest BCUT2D eigenvalue weighted by Crippen LogP contribution is 2.16. The lowest BCUT2D eigenvalue weighted by Gasteiger charge is -2.10. The quantitative estimate of drug-likeness (QED) is 0.832. The molecule has 0 aliphatic heterocycles. The van der Waals surface area contributed by atoms with E-state index in [9.17, 15) is 9.59 Å². The van der Waals surface area contributed by atoms with E-state index >= 15 is 0 Å². The van der Waals surface area contributed by atoms with Crippen molar-refractivity contribution in [1.29, 1.82) is 0 Å². The summed E-state index contributed by atoms with van der Waals surface area (Å²) in [5.74, 6) is -0.516. The summed E-state index contributed by atoms with van der Waals surface area (Å²) in [7, 11) is 1.34. The van der Waals surface area contributed by atoms with Gasteiger partial charge < -0.3 is 15.4 Å². The lowest BCUT2D eigenvalue weighted by atomic mass is 10.1. The predicted molar refractivity (Wildman–Crippen MR) is 90.8 cm³/mol. The molecular formula is C18H20N2O3. The molecule has 0 aliphatic rings. The van der Waals surface area contributed by atoms with Crippen LogP contribution in [0, 0.1) is 13.8 Å². The van der Waals surface area contributed by atoms with Crippen molar-refractivity contribution in [2.75, 3.05) is 24.3 Å². The van der Waals surface area contributed by atoms with Gasteiger partial charge in [-0.05, 0) is 49.7 Å². The van der Waals surface area contributed by atoms with Crippen LogP contribution in [-0.2, 0) is 9.53 Å². The second-order valence-corrected chi connectivity index (χ2v) is 5.29. The molecule has 0 unspecified atom stereocenters. The lowest BCUT2D eigenvalue weighted by molar-refractivity contribution is -0.114. The number of esters is 1. The highest BCUT2D eigenvalue weighted by atomic mass is 16.5. The Hall–Kier alpha value is -2.82. The monoisotopic (exact) mass is 312 g/mol. The number of carbonyl (C=O) groups is 2. The van der Waals surface area contributed by atoms with E-state index in [1.165, 1.54) is 7.11 Å². The average molecular weight is 312 g/mol. The molecule has 0 spiro atoms. The molecule has 2 aromatic rings. The van der Waals surface area contributed by atoms with Crippen molar-refractivity contribution in [1.82, 2.24) is 0 Å². The van der Waals surface area contributed by atoms with E-state index in [1.807, 2.05) is 32.0 Å². The first kappa shape index (κ1) is 16.5. The summed E-state index contributed by atoms with van der Waals surface area (Å²) in [6.07, 6.45) is 0. The van der Waals surface area contributed by atoms with Crippen molar-refractivity contribution < 1.29 is 14.3 Å². The van der Waals surface area contributed by atoms with Gasteiger partial charge in [-0.15, -0.1) is 0 Å². The molecule has 5 nitrogen and oxygen atoms in total. The molecule has 5 heteroatoms. The number of methoxy groups -OCH3 is 1. The third-order valence-electron chi connectivity index (χ3n) is 3.42. The summed E-state index contributed by atoms with van der Waals surface area (Å²) >= 11 is 0. The van der Waals surface area contributed by atoms with Gasteiger partial charge in [-0.1, -0.05) is 17.7 Å². The van der Waals surface area contributed by atoms with Crippen LogP contribution in [0.2, 0.25) is 0 Å². The molecule has 0 aromatic heterocycles. The number of anilines is 2. The molecule has 0 radical (unpaired) electrons. The third kappa shape index (κ3) is 4.57. The third-order valence-corrected chi connectivity index (χ3v) is 3.42. The van der Waals surface area contributed by atoms with Gasteiger partial charge in [0.15, 0.2) is 0 Å². The number of nitrogens with one attached hydrogen (secondary N) is 2. The van der Waals surface area contributed by atoms with Crippen LogP contribution in [0.4, 0.5) is 11.4 Å². The fraction of sp³-hybridized carbons (Fsp3) is 0.222. The molecular weight excluding hydrogens is 292 g/mol. The van der Waals surface area contributed by atoms with Crippen LogP contribution in [0.3, 0.4) is 0 Å². The van der Waals surface area contributed by atoms with Gasteiger partial charge in [-0.2, -0.15) is 0 Å². The molecule has 0 saturated heterocycles. The zero-order valence-corrected chi connectivity index (χ0v) is 13.5. The number of aryl methyl sites for hydroxylation is 2. The van der Waals surface area contributed by atoms with Crippen LogP contribution < -0.4 is 10.6 Å². The molecule has 2 aromatic carbocycles. The molecule has 2 N–H and O–H groups in total. The number of hydrogen-bond acceptors (Lipinski definition) is 4. The van der Waals surface area contributed by atoms with Gasteiger partial charge in [0.25, 0.3) is 0 Å². The molecule has 2 rings (SSSR count). The number of hydrogen-bond donors (Lipinski definition) is 2. The summed E-state index contributed by atoms with van der Waals surface area (Å²) in [5.41, 5.74) is 4.22. The summed E-state index contributed by atoms with van der Waals surface area (Å²) in [6, 6.07) is 12.6. The first-order chi connectivity index (χ1) is 11.0. The molecule has 0 saturated carbocycles. The largest absolute Gasteiger partial charge is 0.465 e.